The van der Waals surface area contributed by atoms with Gasteiger partial charge in [-0.25, -0.2) is 0 Å². The van der Waals surface area contributed by atoms with Crippen LogP contribution in [-0.2, 0) is 4.74 Å². The number of aliphatic hydroxyl groups excluding tert-OH is 1. The van der Waals surface area contributed by atoms with E-state index in [1.165, 1.54) is 0 Å². The van der Waals surface area contributed by atoms with Gasteiger partial charge in [0.05, 0.1) is 16.1 Å². The van der Waals surface area contributed by atoms with Crippen molar-refractivity contribution in [1.82, 2.24) is 0 Å². The Hall–Kier alpha value is -0.280. The summed E-state index contributed by atoms with van der Waals surface area (Å²) in [4.78, 5) is 0. The van der Waals surface area contributed by atoms with Crippen LogP contribution >= 0.6 is 23.2 Å². The Balaban J connectivity index is 2.23. The Kier molecular flexibility index (Phi) is 4.31. The Morgan fingerprint density at radius 2 is 2.18 bits per heavy atom. The van der Waals surface area contributed by atoms with Gasteiger partial charge in [0.2, 0.25) is 0 Å². The van der Waals surface area contributed by atoms with Crippen LogP contribution in [-0.4, -0.2) is 18.3 Å². The lowest BCUT2D eigenvalue weighted by Gasteiger charge is -2.33. The highest BCUT2D eigenvalue weighted by molar-refractivity contribution is 6.42. The van der Waals surface area contributed by atoms with Crippen LogP contribution in [0.4, 0.5) is 0 Å². The monoisotopic (exact) mass is 274 g/mol. The van der Waals surface area contributed by atoms with Crippen molar-refractivity contribution < 1.29 is 9.84 Å². The molecule has 0 saturated carbocycles. The molecule has 1 fully saturated rings. The van der Waals surface area contributed by atoms with Gasteiger partial charge in [-0.2, -0.15) is 0 Å². The first-order valence-corrected chi connectivity index (χ1v) is 6.56. The first-order valence-electron chi connectivity index (χ1n) is 5.81. The van der Waals surface area contributed by atoms with Gasteiger partial charge in [-0.05, 0) is 24.3 Å². The zero-order chi connectivity index (χ0) is 12.4. The zero-order valence-corrected chi connectivity index (χ0v) is 11.2. The van der Waals surface area contributed by atoms with Crippen LogP contribution in [0.1, 0.15) is 25.0 Å². The Morgan fingerprint density at radius 1 is 1.41 bits per heavy atom. The summed E-state index contributed by atoms with van der Waals surface area (Å²) >= 11 is 12.1. The van der Waals surface area contributed by atoms with Crippen LogP contribution in [0.3, 0.4) is 0 Å². The molecular weight excluding hydrogens is 259 g/mol. The van der Waals surface area contributed by atoms with Crippen LogP contribution in [0.25, 0.3) is 0 Å². The predicted octanol–water partition coefficient (Wildman–Crippen LogP) is 3.70. The highest BCUT2D eigenvalue weighted by Gasteiger charge is 2.30. The van der Waals surface area contributed by atoms with Gasteiger partial charge in [-0.15, -0.1) is 0 Å². The summed E-state index contributed by atoms with van der Waals surface area (Å²) in [6.07, 6.45) is 0.283. The third-order valence-electron chi connectivity index (χ3n) is 3.41. The van der Waals surface area contributed by atoms with Crippen LogP contribution in [0.15, 0.2) is 18.2 Å². The summed E-state index contributed by atoms with van der Waals surface area (Å²) in [5.74, 6) is 0.508. The maximum atomic E-state index is 10.4. The molecule has 0 amide bonds. The van der Waals surface area contributed by atoms with Crippen molar-refractivity contribution in [1.29, 1.82) is 0 Å². The molecule has 1 aliphatic rings. The summed E-state index contributed by atoms with van der Waals surface area (Å²) in [5.41, 5.74) is 0.720. The SMILES string of the molecule is CC1COCCC1C(O)c1cccc(Cl)c1Cl. The molecule has 1 N–H and O–H groups in total. The van der Waals surface area contributed by atoms with Gasteiger partial charge in [0.15, 0.2) is 0 Å². The first kappa shape index (κ1) is 13.2. The minimum Gasteiger partial charge on any atom is -0.388 e. The van der Waals surface area contributed by atoms with Crippen molar-refractivity contribution in [3.8, 4) is 0 Å². The molecule has 1 aromatic rings. The number of halogens is 2. The first-order chi connectivity index (χ1) is 8.11. The number of benzene rings is 1. The summed E-state index contributed by atoms with van der Waals surface area (Å²) in [6, 6.07) is 5.38. The highest BCUT2D eigenvalue weighted by Crippen LogP contribution is 2.38. The lowest BCUT2D eigenvalue weighted by molar-refractivity contribution is -0.0309. The molecule has 3 unspecified atom stereocenters. The molecule has 0 spiro atoms. The fourth-order valence-electron chi connectivity index (χ4n) is 2.35. The Labute approximate surface area is 111 Å². The minimum atomic E-state index is -0.569. The summed E-state index contributed by atoms with van der Waals surface area (Å²) in [7, 11) is 0. The minimum absolute atomic E-state index is 0.180. The molecule has 94 valence electrons. The van der Waals surface area contributed by atoms with E-state index in [0.29, 0.717) is 29.2 Å². The molecule has 1 aromatic carbocycles. The third kappa shape index (κ3) is 2.76. The summed E-state index contributed by atoms with van der Waals surface area (Å²) in [5, 5.41) is 11.4. The largest absolute Gasteiger partial charge is 0.388 e. The van der Waals surface area contributed by atoms with Crippen molar-refractivity contribution in [2.45, 2.75) is 19.4 Å². The molecule has 0 radical (unpaired) electrons. The molecule has 2 nitrogen and oxygen atoms in total. The zero-order valence-electron chi connectivity index (χ0n) is 9.70. The predicted molar refractivity (Wildman–Crippen MR) is 69.5 cm³/mol. The van der Waals surface area contributed by atoms with E-state index < -0.39 is 6.10 Å². The average molecular weight is 275 g/mol. The van der Waals surface area contributed by atoms with Gasteiger partial charge in [0.1, 0.15) is 0 Å². The second-order valence-corrected chi connectivity index (χ2v) is 5.38. The maximum Gasteiger partial charge on any atom is 0.0837 e. The van der Waals surface area contributed by atoms with Crippen LogP contribution < -0.4 is 0 Å². The van der Waals surface area contributed by atoms with Gasteiger partial charge < -0.3 is 9.84 Å². The van der Waals surface area contributed by atoms with Crippen LogP contribution in [0, 0.1) is 11.8 Å². The van der Waals surface area contributed by atoms with Crippen molar-refractivity contribution in [2.24, 2.45) is 11.8 Å². The number of ether oxygens (including phenoxy) is 1. The van der Waals surface area contributed by atoms with Gasteiger partial charge >= 0.3 is 0 Å². The molecule has 4 heteroatoms. The molecule has 1 saturated heterocycles. The Morgan fingerprint density at radius 3 is 2.88 bits per heavy atom. The van der Waals surface area contributed by atoms with E-state index in [9.17, 15) is 5.11 Å². The van der Waals surface area contributed by atoms with E-state index in [0.717, 1.165) is 12.0 Å². The second-order valence-electron chi connectivity index (χ2n) is 4.59. The van der Waals surface area contributed by atoms with E-state index in [4.69, 9.17) is 27.9 Å². The molecule has 2 rings (SSSR count). The van der Waals surface area contributed by atoms with E-state index in [-0.39, 0.29) is 5.92 Å². The van der Waals surface area contributed by atoms with Gasteiger partial charge in [-0.3, -0.25) is 0 Å². The van der Waals surface area contributed by atoms with E-state index in [1.54, 1.807) is 6.07 Å². The van der Waals surface area contributed by atoms with Gasteiger partial charge in [-0.1, -0.05) is 42.3 Å². The van der Waals surface area contributed by atoms with Crippen molar-refractivity contribution in [3.05, 3.63) is 33.8 Å². The van der Waals surface area contributed by atoms with Crippen molar-refractivity contribution >= 4 is 23.2 Å². The quantitative estimate of drug-likeness (QED) is 0.891. The van der Waals surface area contributed by atoms with E-state index in [2.05, 4.69) is 6.92 Å². The maximum absolute atomic E-state index is 10.4. The van der Waals surface area contributed by atoms with E-state index >= 15 is 0 Å². The van der Waals surface area contributed by atoms with Crippen molar-refractivity contribution in [3.63, 3.8) is 0 Å². The number of aliphatic hydroxyl groups is 1. The van der Waals surface area contributed by atoms with Crippen LogP contribution in [0.2, 0.25) is 10.0 Å². The van der Waals surface area contributed by atoms with Gasteiger partial charge in [0, 0.05) is 18.8 Å². The third-order valence-corrected chi connectivity index (χ3v) is 4.25. The van der Waals surface area contributed by atoms with Crippen molar-refractivity contribution in [2.75, 3.05) is 13.2 Å². The smallest absolute Gasteiger partial charge is 0.0837 e. The Bertz CT molecular complexity index is 395. The normalized spacial score (nSPS) is 26.8. The average Bonchev–Trinajstić information content (AvgIpc) is 2.32. The number of hydrogen-bond acceptors (Lipinski definition) is 2. The van der Waals surface area contributed by atoms with Crippen LogP contribution in [0.5, 0.6) is 0 Å². The topological polar surface area (TPSA) is 29.5 Å². The fraction of sp³-hybridized carbons (Fsp3) is 0.538. The molecule has 1 aliphatic heterocycles. The van der Waals surface area contributed by atoms with E-state index in [1.807, 2.05) is 12.1 Å². The molecule has 1 heterocycles. The second kappa shape index (κ2) is 5.57. The lowest BCUT2D eigenvalue weighted by atomic mass is 9.82. The molecule has 0 bridgehead atoms. The highest BCUT2D eigenvalue weighted by atomic mass is 35.5. The number of rotatable bonds is 2. The standard InChI is InChI=1S/C13H16Cl2O2/c1-8-7-17-6-5-9(8)13(16)10-3-2-4-11(14)12(10)15/h2-4,8-9,13,16H,5-7H2,1H3. The van der Waals surface area contributed by atoms with Gasteiger partial charge in [0.25, 0.3) is 0 Å². The fourth-order valence-corrected chi connectivity index (χ4v) is 2.76. The molecule has 0 aromatic heterocycles. The lowest BCUT2D eigenvalue weighted by Crippen LogP contribution is -2.30. The summed E-state index contributed by atoms with van der Waals surface area (Å²) in [6.45, 7) is 3.48. The summed E-state index contributed by atoms with van der Waals surface area (Å²) < 4.78 is 5.38. The molecule has 17 heavy (non-hydrogen) atoms. The number of hydrogen-bond donors (Lipinski definition) is 1. The molecule has 0 aliphatic carbocycles. The molecule has 3 atom stereocenters. The molecular formula is C13H16Cl2O2.